The largest absolute Gasteiger partial charge is 0.382 e. The van der Waals surface area contributed by atoms with Crippen LogP contribution in [-0.2, 0) is 83.2 Å². The first-order valence-corrected chi connectivity index (χ1v) is 35.9. The van der Waals surface area contributed by atoms with Gasteiger partial charge in [0.1, 0.15) is 34.0 Å². The van der Waals surface area contributed by atoms with E-state index in [-0.39, 0.29) is 24.6 Å². The van der Waals surface area contributed by atoms with E-state index in [0.29, 0.717) is 96.2 Å². The minimum absolute atomic E-state index is 0.0668. The van der Waals surface area contributed by atoms with Gasteiger partial charge in [0.2, 0.25) is 30.1 Å². The number of aromatic nitrogens is 9. The molecule has 9 aromatic rings. The van der Waals surface area contributed by atoms with E-state index in [9.17, 15) is 25.3 Å². The Labute approximate surface area is 522 Å². The van der Waals surface area contributed by atoms with E-state index in [1.54, 1.807) is 20.8 Å². The molecule has 27 heteroatoms. The molecule has 0 spiro atoms. The second-order valence-electron chi connectivity index (χ2n) is 22.2. The molecule has 0 amide bonds. The maximum Gasteiger partial charge on any atom is 0.214 e. The van der Waals surface area contributed by atoms with Gasteiger partial charge in [-0.3, -0.25) is 0 Å². The van der Waals surface area contributed by atoms with Gasteiger partial charge in [0.05, 0.1) is 89.5 Å². The molecule has 0 saturated carbocycles. The monoisotopic (exact) mass is 1280 g/mol. The van der Waals surface area contributed by atoms with Crippen molar-refractivity contribution in [3.05, 3.63) is 90.3 Å². The lowest BCUT2D eigenvalue weighted by Gasteiger charge is -2.15. The maximum atomic E-state index is 11.9. The molecule has 10 rings (SSSR count). The van der Waals surface area contributed by atoms with Crippen molar-refractivity contribution in [2.24, 2.45) is 0 Å². The van der Waals surface area contributed by atoms with E-state index in [1.165, 1.54) is 4.31 Å². The van der Waals surface area contributed by atoms with Crippen LogP contribution in [0.25, 0.3) is 65.8 Å². The summed E-state index contributed by atoms with van der Waals surface area (Å²) in [6, 6.07) is 23.8. The number of aryl methyl sites for hydroxylation is 3. The van der Waals surface area contributed by atoms with E-state index in [4.69, 9.17) is 46.4 Å². The number of hydrogen-bond donors (Lipinski definition) is 5. The second-order valence-corrected chi connectivity index (χ2v) is 28.7. The summed E-state index contributed by atoms with van der Waals surface area (Å²) in [6.45, 7) is 17.2. The van der Waals surface area contributed by atoms with Crippen LogP contribution in [0.5, 0.6) is 0 Å². The number of nitrogens with two attached hydrogens (primary N) is 3. The molecular weight excluding hydrogens is 1190 g/mol. The van der Waals surface area contributed by atoms with Gasteiger partial charge in [0, 0.05) is 81.2 Å². The number of anilines is 3. The first kappa shape index (κ1) is 68.2. The number of unbranched alkanes of at least 4 members (excludes halogenated alkanes) is 3. The molecule has 89 heavy (non-hydrogen) atoms. The van der Waals surface area contributed by atoms with Crippen LogP contribution in [0.15, 0.2) is 72.8 Å². The number of benzene rings is 3. The Morgan fingerprint density at radius 2 is 0.876 bits per heavy atom. The van der Waals surface area contributed by atoms with E-state index >= 15 is 0 Å². The van der Waals surface area contributed by atoms with Gasteiger partial charge in [-0.2, -0.15) is 4.31 Å². The van der Waals surface area contributed by atoms with Crippen LogP contribution < -0.4 is 26.6 Å². The third-order valence-corrected chi connectivity index (χ3v) is 20.7. The van der Waals surface area contributed by atoms with E-state index < -0.39 is 35.3 Å². The molecule has 1 fully saturated rings. The zero-order valence-electron chi connectivity index (χ0n) is 52.3. The number of ether oxygens (including phenoxy) is 3. The summed E-state index contributed by atoms with van der Waals surface area (Å²) >= 11 is 0. The van der Waals surface area contributed by atoms with Crippen molar-refractivity contribution in [2.75, 3.05) is 94.5 Å². The molecule has 3 aromatic carbocycles. The number of nitrogens with zero attached hydrogens (tertiary/aromatic N) is 10. The number of imidazole rings is 3. The highest BCUT2D eigenvalue weighted by atomic mass is 32.2. The minimum atomic E-state index is -3.27. The van der Waals surface area contributed by atoms with Crippen molar-refractivity contribution in [2.45, 2.75) is 131 Å². The fourth-order valence-corrected chi connectivity index (χ4v) is 13.5. The van der Waals surface area contributed by atoms with Gasteiger partial charge >= 0.3 is 0 Å². The fraction of sp³-hybridized carbons (Fsp3) is 0.516. The Morgan fingerprint density at radius 3 is 1.22 bits per heavy atom. The molecule has 0 aliphatic carbocycles. The van der Waals surface area contributed by atoms with E-state index in [0.717, 1.165) is 141 Å². The quantitative estimate of drug-likeness (QED) is 0.0258. The molecule has 0 radical (unpaired) electrons. The van der Waals surface area contributed by atoms with Crippen molar-refractivity contribution in [1.29, 1.82) is 0 Å². The first-order chi connectivity index (χ1) is 42.8. The van der Waals surface area contributed by atoms with Crippen molar-refractivity contribution in [1.82, 2.24) is 57.4 Å². The van der Waals surface area contributed by atoms with Crippen LogP contribution >= 0.6 is 0 Å². The van der Waals surface area contributed by atoms with Crippen LogP contribution in [0, 0.1) is 0 Å². The maximum absolute atomic E-state index is 11.9. The molecule has 0 bridgehead atoms. The average Bonchev–Trinajstić information content (AvgIpc) is 1.70. The first-order valence-electron chi connectivity index (χ1n) is 31.1. The molecule has 0 atom stereocenters. The summed E-state index contributed by atoms with van der Waals surface area (Å²) in [4.78, 5) is 27.9. The van der Waals surface area contributed by atoms with Crippen molar-refractivity contribution >= 4 is 113 Å². The minimum Gasteiger partial charge on any atom is -0.382 e. The summed E-state index contributed by atoms with van der Waals surface area (Å²) in [5, 5.41) is 2.60. The Hall–Kier alpha value is -6.69. The van der Waals surface area contributed by atoms with Crippen molar-refractivity contribution < 1.29 is 39.5 Å². The number of para-hydroxylation sites is 3. The molecule has 1 saturated heterocycles. The predicted molar refractivity (Wildman–Crippen MR) is 356 cm³/mol. The molecular formula is C62H89N15O9S3. The third-order valence-electron chi connectivity index (χ3n) is 15.5. The van der Waals surface area contributed by atoms with E-state index in [1.807, 2.05) is 72.8 Å². The van der Waals surface area contributed by atoms with Gasteiger partial charge < -0.3 is 45.1 Å². The Kier molecular flexibility index (Phi) is 24.4. The summed E-state index contributed by atoms with van der Waals surface area (Å²) in [6.07, 6.45) is 9.62. The highest BCUT2D eigenvalue weighted by molar-refractivity contribution is 7.90. The number of nitrogens with one attached hydrogen (secondary N) is 2. The molecule has 8 N–H and O–H groups in total. The highest BCUT2D eigenvalue weighted by Crippen LogP contribution is 2.32. The Bertz CT molecular complexity index is 4160. The predicted octanol–water partition coefficient (Wildman–Crippen LogP) is 7.88. The fourth-order valence-electron chi connectivity index (χ4n) is 10.7. The van der Waals surface area contributed by atoms with Gasteiger partial charge in [0.15, 0.2) is 17.5 Å². The van der Waals surface area contributed by atoms with Crippen LogP contribution in [-0.4, -0.2) is 156 Å². The molecule has 1 aliphatic heterocycles. The third kappa shape index (κ3) is 17.2. The van der Waals surface area contributed by atoms with Crippen LogP contribution in [0.4, 0.5) is 17.5 Å². The SMILES string of the molecule is CCCCc1nc2c(N)nc3ccccc3c2n1CCOCCN1CCCS1(=O)=O.CCCCc1nc2c(N)nc3ccccc3c2n1CCOCCNS(=O)(=O)C(C)C.CCCCc1nc2c(N)nc3ccccc3c2n1CCOCCNS(=O)(=O)CC. The Balaban J connectivity index is 0.000000173. The Morgan fingerprint density at radius 1 is 0.517 bits per heavy atom. The lowest BCUT2D eigenvalue weighted by Crippen LogP contribution is -2.33. The zero-order chi connectivity index (χ0) is 63.7. The van der Waals surface area contributed by atoms with Gasteiger partial charge in [-0.25, -0.2) is 64.6 Å². The number of sulfonamides is 3. The number of pyridine rings is 3. The average molecular weight is 1280 g/mol. The van der Waals surface area contributed by atoms with E-state index in [2.05, 4.69) is 58.9 Å². The van der Waals surface area contributed by atoms with Gasteiger partial charge in [-0.15, -0.1) is 0 Å². The molecule has 24 nitrogen and oxygen atoms in total. The van der Waals surface area contributed by atoms with Crippen molar-refractivity contribution in [3.63, 3.8) is 0 Å². The smallest absolute Gasteiger partial charge is 0.214 e. The van der Waals surface area contributed by atoms with Crippen molar-refractivity contribution in [3.8, 4) is 0 Å². The van der Waals surface area contributed by atoms with Crippen LogP contribution in [0.2, 0.25) is 0 Å². The van der Waals surface area contributed by atoms with Crippen LogP contribution in [0.1, 0.15) is 104 Å². The normalized spacial score (nSPS) is 13.8. The second kappa shape index (κ2) is 31.9. The summed E-state index contributed by atoms with van der Waals surface area (Å²) in [5.74, 6) is 4.56. The molecule has 6 aromatic heterocycles. The lowest BCUT2D eigenvalue weighted by molar-refractivity contribution is 0.117. The zero-order valence-corrected chi connectivity index (χ0v) is 54.7. The number of fused-ring (bicyclic) bond motifs is 9. The van der Waals surface area contributed by atoms with Gasteiger partial charge in [0.25, 0.3) is 0 Å². The van der Waals surface area contributed by atoms with Crippen LogP contribution in [0.3, 0.4) is 0 Å². The molecule has 7 heterocycles. The summed E-state index contributed by atoms with van der Waals surface area (Å²) < 4.78 is 101. The number of hydrogen-bond acceptors (Lipinski definition) is 18. The lowest BCUT2D eigenvalue weighted by atomic mass is 10.2. The summed E-state index contributed by atoms with van der Waals surface area (Å²) in [5.41, 5.74) is 26.3. The van der Waals surface area contributed by atoms with Gasteiger partial charge in [-0.1, -0.05) is 94.6 Å². The molecule has 484 valence electrons. The topological polar surface area (TPSA) is 328 Å². The molecule has 0 unspecified atom stereocenters. The summed E-state index contributed by atoms with van der Waals surface area (Å²) in [7, 11) is -9.54. The van der Waals surface area contributed by atoms with Gasteiger partial charge in [-0.05, 0) is 64.7 Å². The number of nitrogen functional groups attached to an aromatic ring is 3. The highest BCUT2D eigenvalue weighted by Gasteiger charge is 2.28. The standard InChI is InChI=1S/C21H29N5O3S.C21H31N5O3S.C20H29N5O3S/c1-2-3-9-18-24-19-20(16-7-4-5-8-17(16)23-21(19)22)26(18)12-14-29-13-11-25-10-6-15-30(25,27)28;1-4-5-10-18-25-19-20(16-8-6-7-9-17(16)24-21(19)22)26(18)12-14-29-13-11-23-30(27,28)15(2)3;1-3-5-10-17-24-18-19(15-8-6-7-9-16(15)23-20(18)21)25(17)12-14-28-13-11-22-29(26,27)4-2/h4-5,7-8H,2-3,6,9-15H2,1H3,(H2,22,23);6-9,15,23H,4-5,10-14H2,1-3H3,(H2,22,24);6-9,22H,3-5,10-14H2,1-2H3,(H2,21,23). The molecule has 1 aliphatic rings. The number of rotatable bonds is 31.